The molecule has 5 nitrogen and oxygen atoms in total. The molecule has 1 atom stereocenters. The van der Waals surface area contributed by atoms with Gasteiger partial charge in [-0.05, 0) is 48.4 Å². The van der Waals surface area contributed by atoms with Crippen LogP contribution in [0.4, 0.5) is 0 Å². The number of allylic oxidation sites excluding steroid dienone is 1. The van der Waals surface area contributed by atoms with E-state index in [1.54, 1.807) is 24.3 Å². The van der Waals surface area contributed by atoms with Crippen LogP contribution in [0.15, 0.2) is 102 Å². The molecule has 0 spiro atoms. The van der Waals surface area contributed by atoms with Crippen molar-refractivity contribution in [2.45, 2.75) is 16.9 Å². The minimum absolute atomic E-state index is 0.455. The highest BCUT2D eigenvalue weighted by molar-refractivity contribution is 8.03. The van der Waals surface area contributed by atoms with Crippen LogP contribution in [0.5, 0.6) is 11.5 Å². The van der Waals surface area contributed by atoms with Gasteiger partial charge in [-0.25, -0.2) is 4.98 Å². The summed E-state index contributed by atoms with van der Waals surface area (Å²) in [5.41, 5.74) is 1.18. The van der Waals surface area contributed by atoms with Crippen LogP contribution in [0.25, 0.3) is 0 Å². The normalized spacial score (nSPS) is 22.0. The molecule has 1 aliphatic rings. The van der Waals surface area contributed by atoms with E-state index in [1.165, 1.54) is 0 Å². The fourth-order valence-corrected chi connectivity index (χ4v) is 4.55. The van der Waals surface area contributed by atoms with Crippen LogP contribution in [-0.2, 0) is 5.60 Å². The summed E-state index contributed by atoms with van der Waals surface area (Å²) in [4.78, 5) is 9.17. The Balaban J connectivity index is 1.82. The number of hydrogen-bond donors (Lipinski definition) is 3. The van der Waals surface area contributed by atoms with Crippen molar-refractivity contribution in [1.29, 1.82) is 0 Å². The van der Waals surface area contributed by atoms with E-state index in [0.717, 1.165) is 26.7 Å². The van der Waals surface area contributed by atoms with E-state index in [4.69, 9.17) is 4.74 Å². The number of nitrogens with zero attached hydrogens (tertiary/aromatic N) is 1. The fourth-order valence-electron chi connectivity index (χ4n) is 3.59. The minimum Gasteiger partial charge on any atom is -0.456 e. The smallest absolute Gasteiger partial charge is 0.141 e. The number of nitrogens with one attached hydrogen (secondary N) is 2. The third-order valence-electron chi connectivity index (χ3n) is 5.28. The monoisotopic (exact) mass is 431 g/mol. The third kappa shape index (κ3) is 4.51. The molecule has 0 saturated carbocycles. The van der Waals surface area contributed by atoms with Gasteiger partial charge in [-0.1, -0.05) is 61.3 Å². The fraction of sp³-hybridized carbons (Fsp3) is 0.160. The second kappa shape index (κ2) is 9.39. The van der Waals surface area contributed by atoms with E-state index < -0.39 is 5.60 Å². The molecule has 1 unspecified atom stereocenters. The van der Waals surface area contributed by atoms with Gasteiger partial charge >= 0.3 is 0 Å². The van der Waals surface area contributed by atoms with Crippen molar-refractivity contribution in [2.24, 2.45) is 0 Å². The Morgan fingerprint density at radius 3 is 2.77 bits per heavy atom. The van der Waals surface area contributed by atoms with Crippen molar-refractivity contribution in [3.8, 4) is 11.5 Å². The summed E-state index contributed by atoms with van der Waals surface area (Å²) in [6.07, 6.45) is 7.38. The molecule has 0 fully saturated rings. The molecule has 2 bridgehead atoms. The highest BCUT2D eigenvalue weighted by Crippen LogP contribution is 2.40. The number of hydrogen-bond acceptors (Lipinski definition) is 5. The zero-order valence-corrected chi connectivity index (χ0v) is 18.0. The molecule has 1 aliphatic heterocycles. The molecule has 1 aromatic heterocycles. The zero-order chi connectivity index (χ0) is 21.7. The molecule has 2 heterocycles. The van der Waals surface area contributed by atoms with Crippen molar-refractivity contribution in [3.63, 3.8) is 0 Å². The maximum atomic E-state index is 11.7. The van der Waals surface area contributed by atoms with Crippen LogP contribution in [-0.4, -0.2) is 28.2 Å². The van der Waals surface area contributed by atoms with E-state index in [1.807, 2.05) is 60.7 Å². The number of fused-ring (bicyclic) bond motifs is 3. The van der Waals surface area contributed by atoms with E-state index >= 15 is 0 Å². The topological polar surface area (TPSA) is 70.2 Å². The number of imidazole rings is 1. The lowest BCUT2D eigenvalue weighted by atomic mass is 9.87. The Labute approximate surface area is 186 Å². The standard InChI is InChI=1S/C25H25N3O2S/c1-3-18-15-26-13-12-25(29,24-16-27-17-28-24)19-8-7-9-20(14-19)30-21-10-5-6-11-23(21)31-22(18)4-2/h3-11,14,16-17,26,29H,1-2,12-13,15H2,(H,27,28)/b22-18-. The van der Waals surface area contributed by atoms with Gasteiger partial charge in [0.05, 0.1) is 23.1 Å². The number of thioether (sulfide) groups is 1. The number of aliphatic hydroxyl groups is 1. The number of benzene rings is 2. The third-order valence-corrected chi connectivity index (χ3v) is 6.49. The summed E-state index contributed by atoms with van der Waals surface area (Å²) >= 11 is 1.60. The van der Waals surface area contributed by atoms with E-state index in [0.29, 0.717) is 31.0 Å². The van der Waals surface area contributed by atoms with Gasteiger partial charge in [-0.2, -0.15) is 0 Å². The Morgan fingerprint density at radius 1 is 1.13 bits per heavy atom. The number of H-pyrrole nitrogens is 1. The summed E-state index contributed by atoms with van der Waals surface area (Å²) < 4.78 is 6.26. The first-order valence-corrected chi connectivity index (χ1v) is 10.9. The minimum atomic E-state index is -1.24. The van der Waals surface area contributed by atoms with Crippen LogP contribution in [0, 0.1) is 0 Å². The Kier molecular flexibility index (Phi) is 6.42. The first kappa shape index (κ1) is 21.2. The number of aromatic nitrogens is 2. The molecular formula is C25H25N3O2S. The average Bonchev–Trinajstić information content (AvgIpc) is 3.34. The lowest BCUT2D eigenvalue weighted by Crippen LogP contribution is -2.33. The first-order chi connectivity index (χ1) is 15.1. The van der Waals surface area contributed by atoms with Crippen LogP contribution >= 0.6 is 11.8 Å². The van der Waals surface area contributed by atoms with Gasteiger partial charge in [0, 0.05) is 11.4 Å². The summed E-state index contributed by atoms with van der Waals surface area (Å²) in [5.74, 6) is 1.39. The molecule has 2 aromatic carbocycles. The zero-order valence-electron chi connectivity index (χ0n) is 17.2. The van der Waals surface area contributed by atoms with E-state index in [-0.39, 0.29) is 0 Å². The molecular weight excluding hydrogens is 406 g/mol. The predicted octanol–water partition coefficient (Wildman–Crippen LogP) is 5.15. The first-order valence-electron chi connectivity index (χ1n) is 10.1. The molecule has 4 rings (SSSR count). The van der Waals surface area contributed by atoms with Gasteiger partial charge in [0.1, 0.15) is 17.1 Å². The summed E-state index contributed by atoms with van der Waals surface area (Å²) in [6, 6.07) is 15.5. The quantitative estimate of drug-likeness (QED) is 0.535. The highest BCUT2D eigenvalue weighted by atomic mass is 32.2. The largest absolute Gasteiger partial charge is 0.456 e. The summed E-state index contributed by atoms with van der Waals surface area (Å²) in [7, 11) is 0. The second-order valence-electron chi connectivity index (χ2n) is 7.23. The maximum Gasteiger partial charge on any atom is 0.141 e. The van der Waals surface area contributed by atoms with Gasteiger partial charge in [0.15, 0.2) is 0 Å². The lowest BCUT2D eigenvalue weighted by molar-refractivity contribution is 0.0671. The van der Waals surface area contributed by atoms with E-state index in [2.05, 4.69) is 28.4 Å². The SMILES string of the molecule is C=C/C1=C(\C=C)Sc2ccccc2Oc2cccc(c2)C(O)(c2cnc[nH]2)CCNC1. The summed E-state index contributed by atoms with van der Waals surface area (Å²) in [6.45, 7) is 9.16. The number of aromatic amines is 1. The summed E-state index contributed by atoms with van der Waals surface area (Å²) in [5, 5.41) is 15.1. The van der Waals surface area contributed by atoms with Gasteiger partial charge in [0.25, 0.3) is 0 Å². The van der Waals surface area contributed by atoms with Crippen molar-refractivity contribution >= 4 is 11.8 Å². The molecule has 0 radical (unpaired) electrons. The van der Waals surface area contributed by atoms with E-state index in [9.17, 15) is 5.11 Å². The molecule has 0 saturated heterocycles. The molecule has 0 aliphatic carbocycles. The molecule has 158 valence electrons. The molecule has 6 heteroatoms. The molecule has 31 heavy (non-hydrogen) atoms. The van der Waals surface area contributed by atoms with Gasteiger partial charge in [-0.3, -0.25) is 0 Å². The van der Waals surface area contributed by atoms with Crippen molar-refractivity contribution in [3.05, 3.63) is 108 Å². The average molecular weight is 432 g/mol. The predicted molar refractivity (Wildman–Crippen MR) is 125 cm³/mol. The Bertz CT molecular complexity index is 1110. The molecule has 3 N–H and O–H groups in total. The van der Waals surface area contributed by atoms with Crippen LogP contribution < -0.4 is 10.1 Å². The van der Waals surface area contributed by atoms with Gasteiger partial charge < -0.3 is 20.1 Å². The van der Waals surface area contributed by atoms with Crippen molar-refractivity contribution < 1.29 is 9.84 Å². The molecule has 3 aromatic rings. The van der Waals surface area contributed by atoms with Crippen LogP contribution in [0.2, 0.25) is 0 Å². The van der Waals surface area contributed by atoms with Crippen molar-refractivity contribution in [2.75, 3.05) is 13.1 Å². The van der Waals surface area contributed by atoms with Crippen LogP contribution in [0.1, 0.15) is 17.7 Å². The Hall–Kier alpha value is -3.06. The Morgan fingerprint density at radius 2 is 2.00 bits per heavy atom. The highest BCUT2D eigenvalue weighted by Gasteiger charge is 2.33. The number of ether oxygens (including phenoxy) is 1. The second-order valence-corrected chi connectivity index (χ2v) is 8.31. The van der Waals surface area contributed by atoms with Crippen LogP contribution in [0.3, 0.4) is 0 Å². The number of rotatable bonds is 3. The number of para-hydroxylation sites is 1. The van der Waals surface area contributed by atoms with Crippen molar-refractivity contribution in [1.82, 2.24) is 15.3 Å². The lowest BCUT2D eigenvalue weighted by Gasteiger charge is -2.28. The van der Waals surface area contributed by atoms with Gasteiger partial charge in [-0.15, -0.1) is 0 Å². The maximum absolute atomic E-state index is 11.7. The van der Waals surface area contributed by atoms with Gasteiger partial charge in [0.2, 0.25) is 0 Å². The molecule has 0 amide bonds.